The zero-order valence-electron chi connectivity index (χ0n) is 8.70. The molecule has 0 aliphatic carbocycles. The van der Waals surface area contributed by atoms with Crippen molar-refractivity contribution >= 4 is 0 Å². The van der Waals surface area contributed by atoms with Crippen molar-refractivity contribution in [1.82, 2.24) is 15.1 Å². The van der Waals surface area contributed by atoms with E-state index in [4.69, 9.17) is 0 Å². The first kappa shape index (κ1) is 10.3. The standard InChI is InChI=1S/C10H19N3/c1-4-11-10(9(2)3)8-13-7-5-6-12-13/h5-7,9-11H,4,8H2,1-3H3. The minimum absolute atomic E-state index is 0.518. The third-order valence-corrected chi connectivity index (χ3v) is 2.21. The largest absolute Gasteiger partial charge is 0.312 e. The third kappa shape index (κ3) is 3.19. The highest BCUT2D eigenvalue weighted by Gasteiger charge is 2.11. The molecule has 0 bridgehead atoms. The summed E-state index contributed by atoms with van der Waals surface area (Å²) < 4.78 is 1.98. The lowest BCUT2D eigenvalue weighted by Gasteiger charge is -2.21. The second-order valence-corrected chi connectivity index (χ2v) is 3.64. The maximum absolute atomic E-state index is 4.20. The monoisotopic (exact) mass is 181 g/mol. The van der Waals surface area contributed by atoms with Gasteiger partial charge in [0.25, 0.3) is 0 Å². The fraction of sp³-hybridized carbons (Fsp3) is 0.700. The van der Waals surface area contributed by atoms with Crippen molar-refractivity contribution in [2.24, 2.45) is 5.92 Å². The molecule has 0 aromatic carbocycles. The van der Waals surface area contributed by atoms with Gasteiger partial charge in [0.05, 0.1) is 6.54 Å². The van der Waals surface area contributed by atoms with Crippen LogP contribution in [0.2, 0.25) is 0 Å². The van der Waals surface area contributed by atoms with E-state index in [1.807, 2.05) is 23.1 Å². The molecule has 0 amide bonds. The van der Waals surface area contributed by atoms with Crippen LogP contribution in [0.3, 0.4) is 0 Å². The second-order valence-electron chi connectivity index (χ2n) is 3.64. The first-order chi connectivity index (χ1) is 6.24. The van der Waals surface area contributed by atoms with Gasteiger partial charge in [-0.15, -0.1) is 0 Å². The first-order valence-corrected chi connectivity index (χ1v) is 4.94. The Morgan fingerprint density at radius 3 is 2.69 bits per heavy atom. The molecule has 74 valence electrons. The Balaban J connectivity index is 2.47. The van der Waals surface area contributed by atoms with Gasteiger partial charge in [0.15, 0.2) is 0 Å². The van der Waals surface area contributed by atoms with Crippen LogP contribution in [0.1, 0.15) is 20.8 Å². The third-order valence-electron chi connectivity index (χ3n) is 2.21. The highest BCUT2D eigenvalue weighted by molar-refractivity contribution is 4.80. The van der Waals surface area contributed by atoms with E-state index in [1.165, 1.54) is 0 Å². The molecule has 0 aliphatic rings. The van der Waals surface area contributed by atoms with Gasteiger partial charge >= 0.3 is 0 Å². The second kappa shape index (κ2) is 5.02. The van der Waals surface area contributed by atoms with Gasteiger partial charge in [-0.05, 0) is 18.5 Å². The van der Waals surface area contributed by atoms with E-state index in [-0.39, 0.29) is 0 Å². The van der Waals surface area contributed by atoms with Crippen LogP contribution in [0.5, 0.6) is 0 Å². The minimum Gasteiger partial charge on any atom is -0.312 e. The molecule has 13 heavy (non-hydrogen) atoms. The van der Waals surface area contributed by atoms with E-state index < -0.39 is 0 Å². The van der Waals surface area contributed by atoms with Crippen molar-refractivity contribution < 1.29 is 0 Å². The van der Waals surface area contributed by atoms with Crippen LogP contribution in [0.4, 0.5) is 0 Å². The van der Waals surface area contributed by atoms with Gasteiger partial charge < -0.3 is 5.32 Å². The normalized spacial score (nSPS) is 13.5. The van der Waals surface area contributed by atoms with Gasteiger partial charge in [-0.25, -0.2) is 0 Å². The molecular formula is C10H19N3. The fourth-order valence-corrected chi connectivity index (χ4v) is 1.38. The maximum Gasteiger partial charge on any atom is 0.0565 e. The summed E-state index contributed by atoms with van der Waals surface area (Å²) in [7, 11) is 0. The Morgan fingerprint density at radius 1 is 1.46 bits per heavy atom. The van der Waals surface area contributed by atoms with Crippen molar-refractivity contribution in [1.29, 1.82) is 0 Å². The number of rotatable bonds is 5. The number of hydrogen-bond donors (Lipinski definition) is 1. The topological polar surface area (TPSA) is 29.9 Å². The average molecular weight is 181 g/mol. The van der Waals surface area contributed by atoms with Gasteiger partial charge in [0.1, 0.15) is 0 Å². The van der Waals surface area contributed by atoms with E-state index in [1.54, 1.807) is 0 Å². The van der Waals surface area contributed by atoms with Gasteiger partial charge in [0.2, 0.25) is 0 Å². The average Bonchev–Trinajstić information content (AvgIpc) is 2.56. The Labute approximate surface area is 80.1 Å². The van der Waals surface area contributed by atoms with Gasteiger partial charge in [-0.2, -0.15) is 5.10 Å². The van der Waals surface area contributed by atoms with Crippen molar-refractivity contribution in [2.75, 3.05) is 6.54 Å². The number of hydrogen-bond acceptors (Lipinski definition) is 2. The van der Waals surface area contributed by atoms with E-state index in [0.29, 0.717) is 12.0 Å². The smallest absolute Gasteiger partial charge is 0.0565 e. The fourth-order valence-electron chi connectivity index (χ4n) is 1.38. The molecule has 1 N–H and O–H groups in total. The summed E-state index contributed by atoms with van der Waals surface area (Å²) in [6, 6.07) is 2.48. The summed E-state index contributed by atoms with van der Waals surface area (Å²) in [5.41, 5.74) is 0. The van der Waals surface area contributed by atoms with Crippen LogP contribution < -0.4 is 5.32 Å². The molecule has 0 radical (unpaired) electrons. The van der Waals surface area contributed by atoms with Crippen LogP contribution in [-0.4, -0.2) is 22.4 Å². The molecule has 0 fully saturated rings. The van der Waals surface area contributed by atoms with Crippen molar-refractivity contribution in [3.63, 3.8) is 0 Å². The van der Waals surface area contributed by atoms with Gasteiger partial charge in [-0.1, -0.05) is 20.8 Å². The molecule has 0 spiro atoms. The number of aromatic nitrogens is 2. The molecule has 1 rings (SSSR count). The zero-order chi connectivity index (χ0) is 9.68. The number of likely N-dealkylation sites (N-methyl/N-ethyl adjacent to an activating group) is 1. The summed E-state index contributed by atoms with van der Waals surface area (Å²) >= 11 is 0. The summed E-state index contributed by atoms with van der Waals surface area (Å²) in [4.78, 5) is 0. The Morgan fingerprint density at radius 2 is 2.23 bits per heavy atom. The predicted octanol–water partition coefficient (Wildman–Crippen LogP) is 1.52. The van der Waals surface area contributed by atoms with Crippen LogP contribution in [-0.2, 0) is 6.54 Å². The quantitative estimate of drug-likeness (QED) is 0.746. The van der Waals surface area contributed by atoms with Gasteiger partial charge in [0, 0.05) is 18.4 Å². The Hall–Kier alpha value is -0.830. The maximum atomic E-state index is 4.20. The Kier molecular flexibility index (Phi) is 3.96. The van der Waals surface area contributed by atoms with Crippen LogP contribution in [0.25, 0.3) is 0 Å². The highest BCUT2D eigenvalue weighted by Crippen LogP contribution is 2.03. The van der Waals surface area contributed by atoms with Crippen molar-refractivity contribution in [3.8, 4) is 0 Å². The molecule has 1 aromatic rings. The summed E-state index contributed by atoms with van der Waals surface area (Å²) in [5.74, 6) is 0.643. The van der Waals surface area contributed by atoms with E-state index in [9.17, 15) is 0 Å². The lowest BCUT2D eigenvalue weighted by molar-refractivity contribution is 0.348. The SMILES string of the molecule is CCNC(Cn1cccn1)C(C)C. The Bertz CT molecular complexity index is 216. The van der Waals surface area contributed by atoms with Crippen molar-refractivity contribution in [3.05, 3.63) is 18.5 Å². The van der Waals surface area contributed by atoms with Crippen LogP contribution in [0, 0.1) is 5.92 Å². The molecule has 0 saturated heterocycles. The molecular weight excluding hydrogens is 162 g/mol. The summed E-state index contributed by atoms with van der Waals surface area (Å²) in [6.45, 7) is 8.58. The lowest BCUT2D eigenvalue weighted by Crippen LogP contribution is -2.37. The van der Waals surface area contributed by atoms with Crippen molar-refractivity contribution in [2.45, 2.75) is 33.4 Å². The summed E-state index contributed by atoms with van der Waals surface area (Å²) in [6.07, 6.45) is 3.83. The molecule has 1 heterocycles. The molecule has 1 atom stereocenters. The van der Waals surface area contributed by atoms with Crippen LogP contribution >= 0.6 is 0 Å². The molecule has 1 unspecified atom stereocenters. The highest BCUT2D eigenvalue weighted by atomic mass is 15.3. The molecule has 0 saturated carbocycles. The first-order valence-electron chi connectivity index (χ1n) is 4.94. The molecule has 3 nitrogen and oxygen atoms in total. The van der Waals surface area contributed by atoms with Gasteiger partial charge in [-0.3, -0.25) is 4.68 Å². The molecule has 3 heteroatoms. The molecule has 0 aliphatic heterocycles. The van der Waals surface area contributed by atoms with E-state index in [0.717, 1.165) is 13.1 Å². The van der Waals surface area contributed by atoms with Crippen LogP contribution in [0.15, 0.2) is 18.5 Å². The summed E-state index contributed by atoms with van der Waals surface area (Å²) in [5, 5.41) is 7.66. The van der Waals surface area contributed by atoms with E-state index in [2.05, 4.69) is 31.2 Å². The number of nitrogens with zero attached hydrogens (tertiary/aromatic N) is 2. The molecule has 1 aromatic heterocycles. The van der Waals surface area contributed by atoms with E-state index >= 15 is 0 Å². The zero-order valence-corrected chi connectivity index (χ0v) is 8.70. The lowest BCUT2D eigenvalue weighted by atomic mass is 10.0. The predicted molar refractivity (Wildman–Crippen MR) is 54.5 cm³/mol. The number of nitrogens with one attached hydrogen (secondary N) is 1. The minimum atomic E-state index is 0.518.